The van der Waals surface area contributed by atoms with Gasteiger partial charge in [0.25, 0.3) is 5.56 Å². The summed E-state index contributed by atoms with van der Waals surface area (Å²) in [4.78, 5) is 21.0. The Morgan fingerprint density at radius 3 is 2.89 bits per heavy atom. The third-order valence-electron chi connectivity index (χ3n) is 4.14. The molecule has 28 heavy (non-hydrogen) atoms. The van der Waals surface area contributed by atoms with Crippen LogP contribution in [0.15, 0.2) is 47.4 Å². The van der Waals surface area contributed by atoms with E-state index in [0.29, 0.717) is 26.4 Å². The zero-order chi connectivity index (χ0) is 19.8. The minimum absolute atomic E-state index is 0.0120. The summed E-state index contributed by atoms with van der Waals surface area (Å²) in [7, 11) is 1.32. The minimum atomic E-state index is -0.832. The van der Waals surface area contributed by atoms with Crippen LogP contribution >= 0.6 is 11.3 Å². The van der Waals surface area contributed by atoms with Gasteiger partial charge >= 0.3 is 0 Å². The molecule has 1 N–H and O–H groups in total. The number of fused-ring (bicyclic) bond motifs is 1. The molecule has 0 radical (unpaired) electrons. The first-order chi connectivity index (χ1) is 13.5. The summed E-state index contributed by atoms with van der Waals surface area (Å²) in [5, 5.41) is 9.59. The number of ether oxygens (including phenoxy) is 1. The Kier molecular flexibility index (Phi) is 4.29. The minimum Gasteiger partial charge on any atom is -0.502 e. The zero-order valence-electron chi connectivity index (χ0n) is 14.5. The summed E-state index contributed by atoms with van der Waals surface area (Å²) in [5.41, 5.74) is 1.94. The first kappa shape index (κ1) is 17.7. The quantitative estimate of drug-likeness (QED) is 0.542. The molecule has 0 spiro atoms. The molecule has 0 saturated carbocycles. The average molecular weight is 393 g/mol. The van der Waals surface area contributed by atoms with Gasteiger partial charge in [-0.25, -0.2) is 14.2 Å². The van der Waals surface area contributed by atoms with Gasteiger partial charge in [0.1, 0.15) is 0 Å². The number of methoxy groups -OCH3 is 1. The van der Waals surface area contributed by atoms with Crippen molar-refractivity contribution in [2.45, 2.75) is 0 Å². The van der Waals surface area contributed by atoms with Gasteiger partial charge < -0.3 is 9.84 Å². The van der Waals surface area contributed by atoms with E-state index in [9.17, 15) is 14.3 Å². The first-order valence-corrected chi connectivity index (χ1v) is 8.90. The highest BCUT2D eigenvalue weighted by molar-refractivity contribution is 7.15. The molecule has 0 unspecified atom stereocenters. The molecule has 0 fully saturated rings. The van der Waals surface area contributed by atoms with E-state index in [1.165, 1.54) is 35.0 Å². The summed E-state index contributed by atoms with van der Waals surface area (Å²) in [5.74, 6) is -1.42. The van der Waals surface area contributed by atoms with Gasteiger partial charge in [0.15, 0.2) is 28.0 Å². The third-order valence-corrected chi connectivity index (χ3v) is 5.13. The number of imidazole rings is 1. The normalized spacial score (nSPS) is 11.7. The second kappa shape index (κ2) is 6.79. The molecular weight excluding hydrogens is 381 g/mol. The van der Waals surface area contributed by atoms with Crippen LogP contribution in [0.4, 0.5) is 10.1 Å². The van der Waals surface area contributed by atoms with Crippen molar-refractivity contribution in [3.63, 3.8) is 0 Å². The zero-order valence-corrected chi connectivity index (χ0v) is 15.3. The maximum absolute atomic E-state index is 13.8. The number of benzene rings is 2. The number of phenols is 1. The van der Waals surface area contributed by atoms with Crippen LogP contribution in [0.5, 0.6) is 11.5 Å². The largest absolute Gasteiger partial charge is 0.502 e. The number of aromatic nitrogens is 2. The Morgan fingerprint density at radius 2 is 2.18 bits per heavy atom. The van der Waals surface area contributed by atoms with Crippen molar-refractivity contribution >= 4 is 28.1 Å². The summed E-state index contributed by atoms with van der Waals surface area (Å²) in [6.45, 7) is 7.10. The highest BCUT2D eigenvalue weighted by Gasteiger charge is 2.12. The number of aromatic hydroxyl groups is 1. The predicted octanol–water partition coefficient (Wildman–Crippen LogP) is 3.37. The summed E-state index contributed by atoms with van der Waals surface area (Å²) in [6.07, 6.45) is 3.14. The summed E-state index contributed by atoms with van der Waals surface area (Å²) < 4.78 is 20.5. The van der Waals surface area contributed by atoms with E-state index in [2.05, 4.69) is 9.83 Å². The van der Waals surface area contributed by atoms with Crippen molar-refractivity contribution in [2.24, 2.45) is 0 Å². The molecule has 4 aromatic rings. The molecule has 0 saturated heterocycles. The van der Waals surface area contributed by atoms with Gasteiger partial charge in [0, 0.05) is 6.20 Å². The fraction of sp³-hybridized carbons (Fsp3) is 0.0500. The number of thiazole rings is 1. The molecule has 0 amide bonds. The topological polar surface area (TPSA) is 68.2 Å². The number of phenolic OH excluding ortho intramolecular Hbond substituents is 1. The average Bonchev–Trinajstić information content (AvgIpc) is 3.24. The first-order valence-electron chi connectivity index (χ1n) is 8.08. The fourth-order valence-corrected chi connectivity index (χ4v) is 3.75. The van der Waals surface area contributed by atoms with E-state index in [4.69, 9.17) is 11.3 Å². The predicted molar refractivity (Wildman–Crippen MR) is 104 cm³/mol. The van der Waals surface area contributed by atoms with Crippen LogP contribution in [0.25, 0.3) is 27.1 Å². The van der Waals surface area contributed by atoms with Gasteiger partial charge in [-0.1, -0.05) is 29.5 Å². The van der Waals surface area contributed by atoms with Crippen molar-refractivity contribution < 1.29 is 14.2 Å². The van der Waals surface area contributed by atoms with Crippen molar-refractivity contribution in [3.05, 3.63) is 80.3 Å². The SMILES string of the molecule is [C-]#[N+]c1cccc(-c2cn3c(=O)/c(=C\c4cc(F)c(O)c(OC)c4)sc3n2)c1. The van der Waals surface area contributed by atoms with Crippen LogP contribution in [-0.2, 0) is 0 Å². The highest BCUT2D eigenvalue weighted by Crippen LogP contribution is 2.30. The second-order valence-corrected chi connectivity index (χ2v) is 6.92. The van der Waals surface area contributed by atoms with E-state index in [1.807, 2.05) is 6.07 Å². The summed E-state index contributed by atoms with van der Waals surface area (Å²) >= 11 is 1.17. The number of halogens is 1. The Hall–Kier alpha value is -3.70. The van der Waals surface area contributed by atoms with Crippen molar-refractivity contribution in [1.29, 1.82) is 0 Å². The Balaban J connectivity index is 1.81. The lowest BCUT2D eigenvalue weighted by Crippen LogP contribution is -2.22. The molecule has 2 heterocycles. The van der Waals surface area contributed by atoms with E-state index in [0.717, 1.165) is 11.6 Å². The lowest BCUT2D eigenvalue weighted by molar-refractivity contribution is 0.357. The molecule has 0 aliphatic heterocycles. The van der Waals surface area contributed by atoms with Gasteiger partial charge in [-0.3, -0.25) is 9.20 Å². The highest BCUT2D eigenvalue weighted by atomic mass is 32.1. The van der Waals surface area contributed by atoms with Crippen LogP contribution in [0, 0.1) is 12.4 Å². The van der Waals surface area contributed by atoms with Crippen LogP contribution in [0.2, 0.25) is 0 Å². The lowest BCUT2D eigenvalue weighted by Gasteiger charge is -2.04. The molecule has 138 valence electrons. The van der Waals surface area contributed by atoms with Crippen molar-refractivity contribution in [3.8, 4) is 22.8 Å². The van der Waals surface area contributed by atoms with Gasteiger partial charge in [-0.05, 0) is 35.4 Å². The second-order valence-electron chi connectivity index (χ2n) is 5.91. The van der Waals surface area contributed by atoms with Crippen LogP contribution in [0.1, 0.15) is 5.56 Å². The van der Waals surface area contributed by atoms with Crippen LogP contribution < -0.4 is 14.8 Å². The molecular formula is C20H12FN3O3S. The van der Waals surface area contributed by atoms with E-state index >= 15 is 0 Å². The molecule has 2 aromatic carbocycles. The third kappa shape index (κ3) is 2.98. The van der Waals surface area contributed by atoms with Crippen molar-refractivity contribution in [2.75, 3.05) is 7.11 Å². The number of hydrogen-bond donors (Lipinski definition) is 1. The molecule has 0 aliphatic carbocycles. The molecule has 4 rings (SSSR count). The van der Waals surface area contributed by atoms with E-state index in [1.54, 1.807) is 24.4 Å². The molecule has 0 bridgehead atoms. The molecule has 8 heteroatoms. The lowest BCUT2D eigenvalue weighted by atomic mass is 10.1. The maximum Gasteiger partial charge on any atom is 0.274 e. The van der Waals surface area contributed by atoms with E-state index in [-0.39, 0.29) is 11.3 Å². The van der Waals surface area contributed by atoms with Gasteiger partial charge in [-0.2, -0.15) is 0 Å². The Labute approximate surface area is 162 Å². The number of rotatable bonds is 3. The van der Waals surface area contributed by atoms with Gasteiger partial charge in [0.2, 0.25) is 0 Å². The standard InChI is InChI=1S/C20H12FN3O3S/c1-22-13-5-3-4-12(9-13)15-10-24-19(26)17(28-20(24)23-15)8-11-6-14(21)18(25)16(7-11)27-2/h3-10,25H,2H3/b17-8+. The fourth-order valence-electron chi connectivity index (χ4n) is 2.79. The van der Waals surface area contributed by atoms with Crippen LogP contribution in [0.3, 0.4) is 0 Å². The Bertz CT molecular complexity index is 1370. The van der Waals surface area contributed by atoms with Crippen LogP contribution in [-0.4, -0.2) is 21.6 Å². The van der Waals surface area contributed by atoms with Gasteiger partial charge in [-0.15, -0.1) is 0 Å². The Morgan fingerprint density at radius 1 is 1.36 bits per heavy atom. The maximum atomic E-state index is 13.8. The number of nitrogens with zero attached hydrogens (tertiary/aromatic N) is 3. The molecule has 2 aromatic heterocycles. The van der Waals surface area contributed by atoms with Gasteiger partial charge in [0.05, 0.1) is 23.9 Å². The molecule has 0 atom stereocenters. The number of hydrogen-bond acceptors (Lipinski definition) is 5. The molecule has 0 aliphatic rings. The smallest absolute Gasteiger partial charge is 0.274 e. The summed E-state index contributed by atoms with van der Waals surface area (Å²) in [6, 6.07) is 9.57. The van der Waals surface area contributed by atoms with Crippen molar-refractivity contribution in [1.82, 2.24) is 9.38 Å². The van der Waals surface area contributed by atoms with E-state index < -0.39 is 11.6 Å². The molecule has 6 nitrogen and oxygen atoms in total. The monoisotopic (exact) mass is 393 g/mol.